The molecule has 0 spiro atoms. The Morgan fingerprint density at radius 2 is 1.90 bits per heavy atom. The number of aliphatic hydroxyl groups is 1. The highest BCUT2D eigenvalue weighted by Gasteiger charge is 2.33. The van der Waals surface area contributed by atoms with Crippen molar-refractivity contribution < 1.29 is 22.7 Å². The Hall–Kier alpha value is -2.18. The fourth-order valence-electron chi connectivity index (χ4n) is 1.37. The third-order valence-electron chi connectivity index (χ3n) is 2.40. The molecule has 0 saturated heterocycles. The fourth-order valence-corrected chi connectivity index (χ4v) is 1.37. The molecule has 0 amide bonds. The van der Waals surface area contributed by atoms with Gasteiger partial charge < -0.3 is 5.11 Å². The van der Waals surface area contributed by atoms with E-state index in [0.29, 0.717) is 23.5 Å². The first-order valence-corrected chi connectivity index (χ1v) is 6.11. The SMILES string of the molecule is CC/C=C\C(=C/F)Cc1cnc(/C=C(\O)C(F)(F)F)nc1. The average molecular weight is 302 g/mol. The highest BCUT2D eigenvalue weighted by atomic mass is 19.4. The first-order chi connectivity index (χ1) is 9.86. The summed E-state index contributed by atoms with van der Waals surface area (Å²) in [6.45, 7) is 1.91. The van der Waals surface area contributed by atoms with Crippen LogP contribution in [0.25, 0.3) is 6.08 Å². The van der Waals surface area contributed by atoms with Gasteiger partial charge in [-0.25, -0.2) is 14.4 Å². The fraction of sp³-hybridized carbons (Fsp3) is 0.286. The van der Waals surface area contributed by atoms with E-state index in [-0.39, 0.29) is 12.2 Å². The van der Waals surface area contributed by atoms with Crippen molar-refractivity contribution in [3.05, 3.63) is 53.6 Å². The maximum atomic E-state index is 12.6. The first kappa shape index (κ1) is 16.9. The predicted molar refractivity (Wildman–Crippen MR) is 71.0 cm³/mol. The van der Waals surface area contributed by atoms with Crippen molar-refractivity contribution in [1.29, 1.82) is 0 Å². The van der Waals surface area contributed by atoms with Crippen LogP contribution < -0.4 is 0 Å². The van der Waals surface area contributed by atoms with Gasteiger partial charge in [0.1, 0.15) is 0 Å². The molecule has 3 nitrogen and oxygen atoms in total. The zero-order valence-corrected chi connectivity index (χ0v) is 11.2. The van der Waals surface area contributed by atoms with E-state index in [9.17, 15) is 17.6 Å². The van der Waals surface area contributed by atoms with Crippen LogP contribution >= 0.6 is 0 Å². The molecule has 7 heteroatoms. The van der Waals surface area contributed by atoms with Gasteiger partial charge in [0.2, 0.25) is 5.76 Å². The van der Waals surface area contributed by atoms with Gasteiger partial charge in [-0.15, -0.1) is 0 Å². The van der Waals surface area contributed by atoms with Gasteiger partial charge in [0, 0.05) is 24.9 Å². The van der Waals surface area contributed by atoms with Crippen LogP contribution in [0, 0.1) is 0 Å². The Labute approximate surface area is 119 Å². The van der Waals surface area contributed by atoms with Crippen molar-refractivity contribution >= 4 is 6.08 Å². The largest absolute Gasteiger partial charge is 0.504 e. The van der Waals surface area contributed by atoms with E-state index in [1.54, 1.807) is 12.2 Å². The molecule has 21 heavy (non-hydrogen) atoms. The molecule has 1 rings (SSSR count). The van der Waals surface area contributed by atoms with Crippen molar-refractivity contribution in [2.45, 2.75) is 25.9 Å². The molecule has 0 aliphatic heterocycles. The Kier molecular flexibility index (Phi) is 6.08. The summed E-state index contributed by atoms with van der Waals surface area (Å²) in [7, 11) is 0. The molecule has 0 fully saturated rings. The Bertz CT molecular complexity index is 545. The maximum absolute atomic E-state index is 12.6. The summed E-state index contributed by atoms with van der Waals surface area (Å²) in [5, 5.41) is 8.78. The highest BCUT2D eigenvalue weighted by molar-refractivity contribution is 5.43. The van der Waals surface area contributed by atoms with Crippen molar-refractivity contribution in [3.8, 4) is 0 Å². The Morgan fingerprint density at radius 1 is 1.29 bits per heavy atom. The standard InChI is InChI=1S/C14H14F4N2O/c1-2-3-4-10(7-15)5-11-8-19-13(20-9-11)6-12(21)14(16,17)18/h3-4,6-9,21H,2,5H2,1H3/b4-3-,10-7+,12-6-. The third kappa shape index (κ3) is 5.76. The first-order valence-electron chi connectivity index (χ1n) is 6.11. The third-order valence-corrected chi connectivity index (χ3v) is 2.40. The molecule has 1 N–H and O–H groups in total. The molecule has 0 unspecified atom stereocenters. The molecular formula is C14H14F4N2O. The minimum absolute atomic E-state index is 0.224. The van der Waals surface area contributed by atoms with Crippen molar-refractivity contribution in [3.63, 3.8) is 0 Å². The van der Waals surface area contributed by atoms with Crippen LogP contribution in [0.5, 0.6) is 0 Å². The molecule has 1 heterocycles. The van der Waals surface area contributed by atoms with Gasteiger partial charge in [-0.1, -0.05) is 19.1 Å². The average Bonchev–Trinajstić information content (AvgIpc) is 2.44. The van der Waals surface area contributed by atoms with Crippen LogP contribution in [-0.4, -0.2) is 21.3 Å². The van der Waals surface area contributed by atoms with E-state index < -0.39 is 11.9 Å². The van der Waals surface area contributed by atoms with E-state index in [1.165, 1.54) is 12.4 Å². The minimum atomic E-state index is -4.84. The lowest BCUT2D eigenvalue weighted by molar-refractivity contribution is -0.119. The van der Waals surface area contributed by atoms with Gasteiger partial charge >= 0.3 is 6.18 Å². The molecule has 0 aliphatic carbocycles. The van der Waals surface area contributed by atoms with Crippen LogP contribution in [0.2, 0.25) is 0 Å². The van der Waals surface area contributed by atoms with Gasteiger partial charge in [0.05, 0.1) is 6.33 Å². The van der Waals surface area contributed by atoms with Gasteiger partial charge in [0.15, 0.2) is 5.82 Å². The maximum Gasteiger partial charge on any atom is 0.448 e. The van der Waals surface area contributed by atoms with Gasteiger partial charge in [-0.05, 0) is 17.6 Å². The van der Waals surface area contributed by atoms with Crippen molar-refractivity contribution in [1.82, 2.24) is 9.97 Å². The summed E-state index contributed by atoms with van der Waals surface area (Å²) in [4.78, 5) is 7.36. The van der Waals surface area contributed by atoms with Gasteiger partial charge in [-0.3, -0.25) is 0 Å². The molecule has 0 radical (unpaired) electrons. The topological polar surface area (TPSA) is 46.0 Å². The summed E-state index contributed by atoms with van der Waals surface area (Å²) in [6, 6.07) is 0. The molecule has 0 saturated carbocycles. The number of rotatable bonds is 5. The molecule has 0 aliphatic rings. The number of hydrogen-bond donors (Lipinski definition) is 1. The van der Waals surface area contributed by atoms with Crippen molar-refractivity contribution in [2.24, 2.45) is 0 Å². The zero-order valence-electron chi connectivity index (χ0n) is 11.2. The van der Waals surface area contributed by atoms with E-state index in [4.69, 9.17) is 5.11 Å². The molecule has 114 valence electrons. The second kappa shape index (κ2) is 7.56. The van der Waals surface area contributed by atoms with Gasteiger partial charge in [-0.2, -0.15) is 13.2 Å². The second-order valence-electron chi connectivity index (χ2n) is 4.15. The quantitative estimate of drug-likeness (QED) is 0.501. The number of allylic oxidation sites excluding steroid dienone is 4. The lowest BCUT2D eigenvalue weighted by Crippen LogP contribution is -2.11. The number of hydrogen-bond acceptors (Lipinski definition) is 3. The van der Waals surface area contributed by atoms with Crippen LogP contribution in [0.1, 0.15) is 24.7 Å². The number of halogens is 4. The summed E-state index contributed by atoms with van der Waals surface area (Å²) in [5.41, 5.74) is 0.949. The molecule has 1 aromatic heterocycles. The van der Waals surface area contributed by atoms with E-state index in [2.05, 4.69) is 9.97 Å². The molecule has 1 aromatic rings. The lowest BCUT2D eigenvalue weighted by atomic mass is 10.1. The normalized spacial score (nSPS) is 14.0. The lowest BCUT2D eigenvalue weighted by Gasteiger charge is -2.04. The zero-order chi connectivity index (χ0) is 15.9. The number of alkyl halides is 3. The van der Waals surface area contributed by atoms with Crippen LogP contribution in [0.15, 0.2) is 42.2 Å². The summed E-state index contributed by atoms with van der Waals surface area (Å²) in [5.74, 6) is -2.05. The van der Waals surface area contributed by atoms with E-state index in [0.717, 1.165) is 6.42 Å². The summed E-state index contributed by atoms with van der Waals surface area (Å²) in [6.07, 6.45) is 2.99. The molecule has 0 aromatic carbocycles. The van der Waals surface area contributed by atoms with Crippen LogP contribution in [-0.2, 0) is 6.42 Å². The van der Waals surface area contributed by atoms with E-state index >= 15 is 0 Å². The molecule has 0 bridgehead atoms. The highest BCUT2D eigenvalue weighted by Crippen LogP contribution is 2.24. The second-order valence-corrected chi connectivity index (χ2v) is 4.15. The van der Waals surface area contributed by atoms with Gasteiger partial charge in [0.25, 0.3) is 0 Å². The Morgan fingerprint density at radius 3 is 2.38 bits per heavy atom. The monoisotopic (exact) mass is 302 g/mol. The Balaban J connectivity index is 2.82. The molecule has 0 atom stereocenters. The summed E-state index contributed by atoms with van der Waals surface area (Å²) < 4.78 is 49.0. The van der Waals surface area contributed by atoms with Crippen molar-refractivity contribution in [2.75, 3.05) is 0 Å². The van der Waals surface area contributed by atoms with E-state index in [1.807, 2.05) is 6.92 Å². The number of aromatic nitrogens is 2. The predicted octanol–water partition coefficient (Wildman–Crippen LogP) is 4.30. The summed E-state index contributed by atoms with van der Waals surface area (Å²) >= 11 is 0. The van der Waals surface area contributed by atoms with Crippen LogP contribution in [0.3, 0.4) is 0 Å². The van der Waals surface area contributed by atoms with Crippen LogP contribution in [0.4, 0.5) is 17.6 Å². The smallest absolute Gasteiger partial charge is 0.448 e. The number of nitrogens with zero attached hydrogens (tertiary/aromatic N) is 2. The molecular weight excluding hydrogens is 288 g/mol. The number of aliphatic hydroxyl groups excluding tert-OH is 1. The minimum Gasteiger partial charge on any atom is -0.504 e.